The predicted octanol–water partition coefficient (Wildman–Crippen LogP) is 4.63. The Hall–Kier alpha value is -3.51. The van der Waals surface area contributed by atoms with E-state index in [9.17, 15) is 9.59 Å². The number of carbonyl (C=O) groups excluding carboxylic acids is 2. The van der Waals surface area contributed by atoms with Crippen LogP contribution in [-0.2, 0) is 4.79 Å². The average Bonchev–Trinajstić information content (AvgIpc) is 2.85. The lowest BCUT2D eigenvalue weighted by Gasteiger charge is -2.36. The van der Waals surface area contributed by atoms with Crippen LogP contribution in [0.4, 0.5) is 11.4 Å². The highest BCUT2D eigenvalue weighted by Gasteiger charge is 2.22. The predicted molar refractivity (Wildman–Crippen MR) is 131 cm³/mol. The summed E-state index contributed by atoms with van der Waals surface area (Å²) in [4.78, 5) is 29.0. The lowest BCUT2D eigenvalue weighted by molar-refractivity contribution is -0.118. The molecule has 2 amide bonds. The number of piperazine rings is 1. The molecule has 170 valence electrons. The highest BCUT2D eigenvalue weighted by Crippen LogP contribution is 2.22. The van der Waals surface area contributed by atoms with Crippen molar-refractivity contribution in [3.8, 4) is 5.75 Å². The first kappa shape index (κ1) is 22.7. The zero-order valence-electron chi connectivity index (χ0n) is 18.5. The summed E-state index contributed by atoms with van der Waals surface area (Å²) in [5, 5.41) is 3.51. The summed E-state index contributed by atoms with van der Waals surface area (Å²) in [6.07, 6.45) is 0. The van der Waals surface area contributed by atoms with Crippen molar-refractivity contribution in [1.82, 2.24) is 4.90 Å². The molecule has 1 heterocycles. The van der Waals surface area contributed by atoms with Crippen LogP contribution < -0.4 is 15.0 Å². The number of carbonyl (C=O) groups is 2. The van der Waals surface area contributed by atoms with Gasteiger partial charge in [-0.3, -0.25) is 9.59 Å². The van der Waals surface area contributed by atoms with Crippen molar-refractivity contribution in [2.45, 2.75) is 6.92 Å². The maximum absolute atomic E-state index is 12.6. The van der Waals surface area contributed by atoms with E-state index < -0.39 is 0 Å². The summed E-state index contributed by atoms with van der Waals surface area (Å²) in [6.45, 7) is 4.68. The molecule has 1 aliphatic rings. The van der Waals surface area contributed by atoms with Gasteiger partial charge in [0.1, 0.15) is 5.75 Å². The van der Waals surface area contributed by atoms with Crippen LogP contribution in [0.15, 0.2) is 72.8 Å². The van der Waals surface area contributed by atoms with Crippen LogP contribution in [0.2, 0.25) is 5.02 Å². The molecule has 7 heteroatoms. The number of benzene rings is 3. The van der Waals surface area contributed by atoms with Crippen LogP contribution in [0.5, 0.6) is 5.75 Å². The lowest BCUT2D eigenvalue weighted by atomic mass is 10.1. The van der Waals surface area contributed by atoms with Crippen molar-refractivity contribution in [2.24, 2.45) is 0 Å². The van der Waals surface area contributed by atoms with Gasteiger partial charge in [0.25, 0.3) is 11.8 Å². The number of hydrogen-bond donors (Lipinski definition) is 1. The Balaban J connectivity index is 1.25. The fraction of sp³-hybridized carbons (Fsp3) is 0.231. The standard InChI is InChI=1S/C26H26ClN3O3/c1-19-17-23(11-12-24(19)27)33-18-25(31)28-21-7-9-22(10-8-21)29-13-15-30(16-14-29)26(32)20-5-3-2-4-6-20/h2-12,17H,13-16,18H2,1H3,(H,28,31). The van der Waals surface area contributed by atoms with Crippen LogP contribution in [0.1, 0.15) is 15.9 Å². The number of rotatable bonds is 6. The van der Waals surface area contributed by atoms with Gasteiger partial charge in [-0.2, -0.15) is 0 Å². The molecule has 33 heavy (non-hydrogen) atoms. The number of aryl methyl sites for hydroxylation is 1. The Morgan fingerprint density at radius 1 is 0.939 bits per heavy atom. The monoisotopic (exact) mass is 463 g/mol. The van der Waals surface area contributed by atoms with E-state index in [0.717, 1.165) is 29.9 Å². The highest BCUT2D eigenvalue weighted by atomic mass is 35.5. The molecule has 4 rings (SSSR count). The van der Waals surface area contributed by atoms with Gasteiger partial charge in [-0.05, 0) is 67.1 Å². The first-order valence-electron chi connectivity index (χ1n) is 10.9. The van der Waals surface area contributed by atoms with Crippen molar-refractivity contribution >= 4 is 34.8 Å². The first-order valence-corrected chi connectivity index (χ1v) is 11.3. The van der Waals surface area contributed by atoms with Gasteiger partial charge >= 0.3 is 0 Å². The number of anilines is 2. The Morgan fingerprint density at radius 3 is 2.30 bits per heavy atom. The number of amides is 2. The number of halogens is 1. The molecular weight excluding hydrogens is 438 g/mol. The third kappa shape index (κ3) is 5.84. The summed E-state index contributed by atoms with van der Waals surface area (Å²) >= 11 is 6.01. The quantitative estimate of drug-likeness (QED) is 0.579. The second-order valence-corrected chi connectivity index (χ2v) is 8.35. The molecule has 3 aromatic carbocycles. The molecule has 1 fully saturated rings. The van der Waals surface area contributed by atoms with Crippen molar-refractivity contribution in [1.29, 1.82) is 0 Å². The van der Waals surface area contributed by atoms with E-state index in [4.69, 9.17) is 16.3 Å². The van der Waals surface area contributed by atoms with Crippen molar-refractivity contribution < 1.29 is 14.3 Å². The van der Waals surface area contributed by atoms with Crippen LogP contribution in [-0.4, -0.2) is 49.5 Å². The summed E-state index contributed by atoms with van der Waals surface area (Å²) in [7, 11) is 0. The first-order chi connectivity index (χ1) is 16.0. The van der Waals surface area contributed by atoms with Gasteiger partial charge < -0.3 is 19.9 Å². The Kier molecular flexibility index (Phi) is 7.15. The molecule has 0 spiro atoms. The second-order valence-electron chi connectivity index (χ2n) is 7.94. The van der Waals surface area contributed by atoms with E-state index in [1.165, 1.54) is 0 Å². The molecule has 0 saturated carbocycles. The Bertz CT molecular complexity index is 1110. The minimum atomic E-state index is -0.233. The fourth-order valence-corrected chi connectivity index (χ4v) is 3.86. The summed E-state index contributed by atoms with van der Waals surface area (Å²) in [6, 6.07) is 22.4. The van der Waals surface area contributed by atoms with Gasteiger partial charge in [-0.15, -0.1) is 0 Å². The van der Waals surface area contributed by atoms with Crippen molar-refractivity contribution in [2.75, 3.05) is 43.0 Å². The Labute approximate surface area is 198 Å². The third-order valence-corrected chi connectivity index (χ3v) is 6.03. The van der Waals surface area contributed by atoms with Gasteiger partial charge in [0.2, 0.25) is 0 Å². The minimum Gasteiger partial charge on any atom is -0.484 e. The van der Waals surface area contributed by atoms with Gasteiger partial charge in [0, 0.05) is 48.1 Å². The zero-order valence-corrected chi connectivity index (χ0v) is 19.2. The van der Waals surface area contributed by atoms with Gasteiger partial charge in [0.05, 0.1) is 0 Å². The van der Waals surface area contributed by atoms with Crippen molar-refractivity contribution in [3.63, 3.8) is 0 Å². The van der Waals surface area contributed by atoms with E-state index in [1.807, 2.05) is 66.4 Å². The molecular formula is C26H26ClN3O3. The fourth-order valence-electron chi connectivity index (χ4n) is 3.74. The van der Waals surface area contributed by atoms with E-state index in [-0.39, 0.29) is 18.4 Å². The second kappa shape index (κ2) is 10.4. The number of nitrogens with zero attached hydrogens (tertiary/aromatic N) is 2. The molecule has 0 aliphatic carbocycles. The molecule has 6 nitrogen and oxygen atoms in total. The molecule has 1 aliphatic heterocycles. The molecule has 0 unspecified atom stereocenters. The molecule has 3 aromatic rings. The van der Waals surface area contributed by atoms with Gasteiger partial charge in [-0.25, -0.2) is 0 Å². The van der Waals surface area contributed by atoms with Crippen molar-refractivity contribution in [3.05, 3.63) is 88.9 Å². The van der Waals surface area contributed by atoms with Crippen LogP contribution >= 0.6 is 11.6 Å². The molecule has 0 atom stereocenters. The number of nitrogens with one attached hydrogen (secondary N) is 1. The van der Waals surface area contributed by atoms with E-state index in [2.05, 4.69) is 10.2 Å². The normalized spacial score (nSPS) is 13.5. The summed E-state index contributed by atoms with van der Waals surface area (Å²) < 4.78 is 5.54. The third-order valence-electron chi connectivity index (χ3n) is 5.60. The number of ether oxygens (including phenoxy) is 1. The minimum absolute atomic E-state index is 0.0734. The maximum atomic E-state index is 12.6. The molecule has 1 N–H and O–H groups in total. The summed E-state index contributed by atoms with van der Waals surface area (Å²) in [5.74, 6) is 0.444. The van der Waals surface area contributed by atoms with Crippen LogP contribution in [0.25, 0.3) is 0 Å². The largest absolute Gasteiger partial charge is 0.484 e. The summed E-state index contributed by atoms with van der Waals surface area (Å²) in [5.41, 5.74) is 3.39. The van der Waals surface area contributed by atoms with E-state index in [0.29, 0.717) is 29.5 Å². The van der Waals surface area contributed by atoms with Crippen LogP contribution in [0.3, 0.4) is 0 Å². The number of hydrogen-bond acceptors (Lipinski definition) is 4. The lowest BCUT2D eigenvalue weighted by Crippen LogP contribution is -2.48. The average molecular weight is 464 g/mol. The zero-order chi connectivity index (χ0) is 23.2. The molecule has 1 saturated heterocycles. The molecule has 0 radical (unpaired) electrons. The SMILES string of the molecule is Cc1cc(OCC(=O)Nc2ccc(N3CCN(C(=O)c4ccccc4)CC3)cc2)ccc1Cl. The Morgan fingerprint density at radius 2 is 1.64 bits per heavy atom. The van der Waals surface area contributed by atoms with Gasteiger partial charge in [0.15, 0.2) is 6.61 Å². The van der Waals surface area contributed by atoms with Crippen LogP contribution in [0, 0.1) is 6.92 Å². The van der Waals surface area contributed by atoms with E-state index >= 15 is 0 Å². The smallest absolute Gasteiger partial charge is 0.262 e. The maximum Gasteiger partial charge on any atom is 0.262 e. The molecule has 0 bridgehead atoms. The topological polar surface area (TPSA) is 61.9 Å². The highest BCUT2D eigenvalue weighted by molar-refractivity contribution is 6.31. The van der Waals surface area contributed by atoms with Gasteiger partial charge in [-0.1, -0.05) is 29.8 Å². The molecule has 0 aromatic heterocycles. The van der Waals surface area contributed by atoms with E-state index in [1.54, 1.807) is 18.2 Å².